The summed E-state index contributed by atoms with van der Waals surface area (Å²) in [6, 6.07) is 10.7. The van der Waals surface area contributed by atoms with Crippen molar-refractivity contribution >= 4 is 17.5 Å². The van der Waals surface area contributed by atoms with E-state index in [9.17, 15) is 22.4 Å². The molecule has 0 unspecified atom stereocenters. The van der Waals surface area contributed by atoms with Gasteiger partial charge in [-0.2, -0.15) is 13.2 Å². The van der Waals surface area contributed by atoms with E-state index in [1.807, 2.05) is 17.9 Å². The monoisotopic (exact) mass is 487 g/mol. The van der Waals surface area contributed by atoms with Gasteiger partial charge in [0.1, 0.15) is 17.5 Å². The van der Waals surface area contributed by atoms with Crippen LogP contribution in [-0.2, 0) is 12.6 Å². The molecule has 1 aromatic heterocycles. The van der Waals surface area contributed by atoms with E-state index in [1.54, 1.807) is 13.0 Å². The van der Waals surface area contributed by atoms with E-state index in [-0.39, 0.29) is 11.5 Å². The van der Waals surface area contributed by atoms with Crippen LogP contribution in [0.4, 0.5) is 33.9 Å². The average molecular weight is 488 g/mol. The minimum atomic E-state index is -4.57. The maximum Gasteiger partial charge on any atom is 0.418 e. The van der Waals surface area contributed by atoms with E-state index in [0.29, 0.717) is 38.4 Å². The van der Waals surface area contributed by atoms with Gasteiger partial charge in [-0.15, -0.1) is 0 Å². The van der Waals surface area contributed by atoms with Gasteiger partial charge in [0, 0.05) is 43.9 Å². The minimum Gasteiger partial charge on any atom is -0.353 e. The van der Waals surface area contributed by atoms with Gasteiger partial charge in [0.2, 0.25) is 0 Å². The lowest BCUT2D eigenvalue weighted by atomic mass is 10.0. The summed E-state index contributed by atoms with van der Waals surface area (Å²) in [5.41, 5.74) is 1.30. The van der Waals surface area contributed by atoms with Crippen molar-refractivity contribution < 1.29 is 22.4 Å². The standard InChI is InChI=1S/C25H25F4N5O/c1-16-20(15-18-6-5-7-19(26)14-18)23(31-17(2)30-16)33-10-12-34(13-11-33)24(35)32-22-9-4-3-8-21(22)25(27,28)29/h3-9,14H,10-13,15H2,1-2H3,(H,32,35). The van der Waals surface area contributed by atoms with Crippen LogP contribution in [0.3, 0.4) is 0 Å². The molecule has 3 aromatic rings. The van der Waals surface area contributed by atoms with Crippen LogP contribution >= 0.6 is 0 Å². The fourth-order valence-corrected chi connectivity index (χ4v) is 4.19. The quantitative estimate of drug-likeness (QED) is 0.514. The molecule has 1 N–H and O–H groups in total. The maximum atomic E-state index is 13.7. The van der Waals surface area contributed by atoms with E-state index >= 15 is 0 Å². The summed E-state index contributed by atoms with van der Waals surface area (Å²) < 4.78 is 53.5. The van der Waals surface area contributed by atoms with Crippen LogP contribution in [0.15, 0.2) is 48.5 Å². The van der Waals surface area contributed by atoms with Gasteiger partial charge in [-0.25, -0.2) is 19.2 Å². The fourth-order valence-electron chi connectivity index (χ4n) is 4.19. The molecule has 1 aliphatic heterocycles. The zero-order chi connectivity index (χ0) is 25.2. The SMILES string of the molecule is Cc1nc(C)c(Cc2cccc(F)c2)c(N2CCN(C(=O)Nc3ccccc3C(F)(F)F)CC2)n1. The second kappa shape index (κ2) is 9.89. The van der Waals surface area contributed by atoms with Gasteiger partial charge >= 0.3 is 12.2 Å². The number of amides is 2. The Labute approximate surface area is 200 Å². The van der Waals surface area contributed by atoms with E-state index in [1.165, 1.54) is 35.2 Å². The molecule has 2 heterocycles. The van der Waals surface area contributed by atoms with Gasteiger partial charge in [0.25, 0.3) is 0 Å². The van der Waals surface area contributed by atoms with Gasteiger partial charge < -0.3 is 15.1 Å². The zero-order valence-corrected chi connectivity index (χ0v) is 19.4. The molecule has 0 bridgehead atoms. The number of carbonyl (C=O) groups is 1. The summed E-state index contributed by atoms with van der Waals surface area (Å²) in [5.74, 6) is 1.01. The molecule has 0 aliphatic carbocycles. The number of rotatable bonds is 4. The van der Waals surface area contributed by atoms with Crippen molar-refractivity contribution in [3.8, 4) is 0 Å². The zero-order valence-electron chi connectivity index (χ0n) is 19.4. The van der Waals surface area contributed by atoms with Crippen LogP contribution in [0.25, 0.3) is 0 Å². The molecule has 184 valence electrons. The van der Waals surface area contributed by atoms with Crippen molar-refractivity contribution in [2.24, 2.45) is 0 Å². The number of urea groups is 1. The van der Waals surface area contributed by atoms with E-state index in [2.05, 4.69) is 15.3 Å². The fraction of sp³-hybridized carbons (Fsp3) is 0.320. The molecule has 2 aromatic carbocycles. The number of aryl methyl sites for hydroxylation is 2. The lowest BCUT2D eigenvalue weighted by Gasteiger charge is -2.36. The number of carbonyl (C=O) groups excluding carboxylic acids is 1. The number of halogens is 4. The van der Waals surface area contributed by atoms with Gasteiger partial charge in [-0.3, -0.25) is 0 Å². The van der Waals surface area contributed by atoms with E-state index in [4.69, 9.17) is 0 Å². The molecule has 0 atom stereocenters. The number of nitrogens with zero attached hydrogens (tertiary/aromatic N) is 4. The molecule has 10 heteroatoms. The Kier molecular flexibility index (Phi) is 6.90. The van der Waals surface area contributed by atoms with Crippen LogP contribution in [-0.4, -0.2) is 47.1 Å². The van der Waals surface area contributed by atoms with Crippen molar-refractivity contribution in [2.45, 2.75) is 26.4 Å². The molecule has 0 spiro atoms. The lowest BCUT2D eigenvalue weighted by Crippen LogP contribution is -2.50. The summed E-state index contributed by atoms with van der Waals surface area (Å²) in [5, 5.41) is 2.40. The Balaban J connectivity index is 1.48. The first-order chi connectivity index (χ1) is 16.6. The number of para-hydroxylation sites is 1. The molecule has 4 rings (SSSR count). The van der Waals surface area contributed by atoms with Crippen LogP contribution in [0.2, 0.25) is 0 Å². The Morgan fingerprint density at radius 3 is 2.40 bits per heavy atom. The van der Waals surface area contributed by atoms with Gasteiger partial charge in [-0.1, -0.05) is 24.3 Å². The predicted octanol–water partition coefficient (Wildman–Crippen LogP) is 5.20. The minimum absolute atomic E-state index is 0.271. The maximum absolute atomic E-state index is 13.7. The molecular formula is C25H25F4N5O. The number of benzene rings is 2. The summed E-state index contributed by atoms with van der Waals surface area (Å²) >= 11 is 0. The number of anilines is 2. The first kappa shape index (κ1) is 24.4. The molecule has 35 heavy (non-hydrogen) atoms. The Morgan fingerprint density at radius 2 is 1.71 bits per heavy atom. The first-order valence-corrected chi connectivity index (χ1v) is 11.2. The summed E-state index contributed by atoms with van der Waals surface area (Å²) in [7, 11) is 0. The highest BCUT2D eigenvalue weighted by atomic mass is 19.4. The first-order valence-electron chi connectivity index (χ1n) is 11.2. The number of alkyl halides is 3. The highest BCUT2D eigenvalue weighted by Gasteiger charge is 2.34. The number of aromatic nitrogens is 2. The molecule has 1 saturated heterocycles. The number of piperazine rings is 1. The largest absolute Gasteiger partial charge is 0.418 e. The summed E-state index contributed by atoms with van der Waals surface area (Å²) in [6.45, 7) is 5.18. The predicted molar refractivity (Wildman–Crippen MR) is 125 cm³/mol. The molecule has 0 saturated carbocycles. The lowest BCUT2D eigenvalue weighted by molar-refractivity contribution is -0.136. The third-order valence-corrected chi connectivity index (χ3v) is 5.91. The second-order valence-corrected chi connectivity index (χ2v) is 8.41. The number of hydrogen-bond donors (Lipinski definition) is 1. The van der Waals surface area contributed by atoms with Crippen LogP contribution in [0.5, 0.6) is 0 Å². The van der Waals surface area contributed by atoms with E-state index in [0.717, 1.165) is 28.7 Å². The van der Waals surface area contributed by atoms with Gasteiger partial charge in [0.05, 0.1) is 11.3 Å². The highest BCUT2D eigenvalue weighted by Crippen LogP contribution is 2.34. The molecule has 1 aliphatic rings. The molecule has 2 amide bonds. The Morgan fingerprint density at radius 1 is 1.00 bits per heavy atom. The molecule has 6 nitrogen and oxygen atoms in total. The van der Waals surface area contributed by atoms with Crippen LogP contribution < -0.4 is 10.2 Å². The second-order valence-electron chi connectivity index (χ2n) is 8.41. The normalized spacial score (nSPS) is 14.2. The third kappa shape index (κ3) is 5.70. The Bertz CT molecular complexity index is 1220. The summed E-state index contributed by atoms with van der Waals surface area (Å²) in [6.07, 6.45) is -4.11. The smallest absolute Gasteiger partial charge is 0.353 e. The topological polar surface area (TPSA) is 61.4 Å². The molecule has 1 fully saturated rings. The van der Waals surface area contributed by atoms with Gasteiger partial charge in [-0.05, 0) is 43.7 Å². The molecular weight excluding hydrogens is 462 g/mol. The van der Waals surface area contributed by atoms with Crippen molar-refractivity contribution in [1.82, 2.24) is 14.9 Å². The van der Waals surface area contributed by atoms with Crippen molar-refractivity contribution in [1.29, 1.82) is 0 Å². The third-order valence-electron chi connectivity index (χ3n) is 5.91. The summed E-state index contributed by atoms with van der Waals surface area (Å²) in [4.78, 5) is 25.3. The number of nitrogens with one attached hydrogen (secondary N) is 1. The van der Waals surface area contributed by atoms with Crippen molar-refractivity contribution in [3.63, 3.8) is 0 Å². The van der Waals surface area contributed by atoms with Crippen LogP contribution in [0.1, 0.15) is 28.2 Å². The van der Waals surface area contributed by atoms with Crippen molar-refractivity contribution in [3.05, 3.63) is 82.6 Å². The molecule has 0 radical (unpaired) electrons. The highest BCUT2D eigenvalue weighted by molar-refractivity contribution is 5.90. The van der Waals surface area contributed by atoms with Crippen LogP contribution in [0, 0.1) is 19.7 Å². The number of hydrogen-bond acceptors (Lipinski definition) is 4. The average Bonchev–Trinajstić information content (AvgIpc) is 2.80. The van der Waals surface area contributed by atoms with E-state index < -0.39 is 17.8 Å². The van der Waals surface area contributed by atoms with Gasteiger partial charge in [0.15, 0.2) is 0 Å². The Hall–Kier alpha value is -3.69. The van der Waals surface area contributed by atoms with Crippen molar-refractivity contribution in [2.75, 3.05) is 36.4 Å².